The summed E-state index contributed by atoms with van der Waals surface area (Å²) in [5, 5.41) is 0. The van der Waals surface area contributed by atoms with Gasteiger partial charge in [-0.1, -0.05) is 30.3 Å². The van der Waals surface area contributed by atoms with Gasteiger partial charge in [0.1, 0.15) is 6.61 Å². The normalized spacial score (nSPS) is 23.9. The number of nitrogens with zero attached hydrogens (tertiary/aromatic N) is 3. The van der Waals surface area contributed by atoms with E-state index in [1.165, 1.54) is 0 Å². The Bertz CT molecular complexity index is 841. The zero-order chi connectivity index (χ0) is 19.5. The lowest BCUT2D eigenvalue weighted by atomic mass is 9.77. The number of Topliss-reactive ketones (excluding diaryl/α,β-unsaturated/α-hetero) is 1. The molecule has 2 fully saturated rings. The van der Waals surface area contributed by atoms with Crippen LogP contribution in [-0.2, 0) is 11.3 Å². The fourth-order valence-electron chi connectivity index (χ4n) is 4.44. The largest absolute Gasteiger partial charge is 0.445 e. The molecule has 3 heterocycles. The fourth-order valence-corrected chi connectivity index (χ4v) is 4.44. The number of fused-ring (bicyclic) bond motifs is 2. The minimum atomic E-state index is -0.267. The Morgan fingerprint density at radius 3 is 2.50 bits per heavy atom. The van der Waals surface area contributed by atoms with Gasteiger partial charge in [-0.2, -0.15) is 0 Å². The second-order valence-electron chi connectivity index (χ2n) is 7.74. The Morgan fingerprint density at radius 2 is 1.82 bits per heavy atom. The molecule has 0 saturated carbocycles. The molecule has 1 aromatic heterocycles. The quantitative estimate of drug-likeness (QED) is 0.753. The van der Waals surface area contributed by atoms with E-state index < -0.39 is 0 Å². The van der Waals surface area contributed by atoms with Crippen LogP contribution >= 0.6 is 0 Å². The monoisotopic (exact) mass is 379 g/mol. The summed E-state index contributed by atoms with van der Waals surface area (Å²) in [7, 11) is 0. The average molecular weight is 379 g/mol. The number of carbonyl (C=O) groups excluding carboxylic acids is 2. The van der Waals surface area contributed by atoms with E-state index in [9.17, 15) is 9.59 Å². The van der Waals surface area contributed by atoms with E-state index in [4.69, 9.17) is 4.74 Å². The Balaban J connectivity index is 1.43. The molecule has 2 bridgehead atoms. The van der Waals surface area contributed by atoms with Gasteiger partial charge >= 0.3 is 6.09 Å². The molecule has 2 aliphatic rings. The first-order valence-electron chi connectivity index (χ1n) is 9.94. The van der Waals surface area contributed by atoms with Crippen LogP contribution in [0.2, 0.25) is 0 Å². The van der Waals surface area contributed by atoms with Crippen LogP contribution in [0.4, 0.5) is 4.79 Å². The SMILES string of the molecule is Cc1ccnc(C(=O)C2CC3CCCC(C2)N3C(=O)OCc2ccccc2)n1. The summed E-state index contributed by atoms with van der Waals surface area (Å²) in [6.07, 6.45) is 5.59. The third-order valence-corrected chi connectivity index (χ3v) is 5.78. The van der Waals surface area contributed by atoms with Gasteiger partial charge in [0.15, 0.2) is 5.82 Å². The van der Waals surface area contributed by atoms with Crippen LogP contribution in [0.15, 0.2) is 42.6 Å². The molecule has 6 heteroatoms. The third-order valence-electron chi connectivity index (χ3n) is 5.78. The lowest BCUT2D eigenvalue weighted by Gasteiger charge is -2.47. The van der Waals surface area contributed by atoms with Crippen LogP contribution in [0.25, 0.3) is 0 Å². The van der Waals surface area contributed by atoms with Gasteiger partial charge in [-0.05, 0) is 50.7 Å². The highest BCUT2D eigenvalue weighted by Gasteiger charge is 2.44. The molecule has 2 atom stereocenters. The molecule has 4 rings (SSSR count). The Morgan fingerprint density at radius 1 is 1.11 bits per heavy atom. The number of ketones is 1. The summed E-state index contributed by atoms with van der Waals surface area (Å²) < 4.78 is 5.58. The Hall–Kier alpha value is -2.76. The smallest absolute Gasteiger partial charge is 0.410 e. The number of carbonyl (C=O) groups is 2. The van der Waals surface area contributed by atoms with Crippen LogP contribution in [-0.4, -0.2) is 38.8 Å². The highest BCUT2D eigenvalue weighted by Crippen LogP contribution is 2.38. The van der Waals surface area contributed by atoms with Crippen LogP contribution in [0.5, 0.6) is 0 Å². The van der Waals surface area contributed by atoms with Crippen LogP contribution in [0, 0.1) is 12.8 Å². The van der Waals surface area contributed by atoms with E-state index in [0.717, 1.165) is 30.5 Å². The Labute approximate surface area is 164 Å². The van der Waals surface area contributed by atoms with E-state index in [0.29, 0.717) is 18.7 Å². The molecule has 2 unspecified atom stereocenters. The number of aryl methyl sites for hydroxylation is 1. The van der Waals surface area contributed by atoms with Crippen molar-refractivity contribution in [3.05, 3.63) is 59.7 Å². The maximum Gasteiger partial charge on any atom is 0.410 e. The molecule has 2 saturated heterocycles. The van der Waals surface area contributed by atoms with E-state index in [-0.39, 0.29) is 36.5 Å². The molecule has 6 nitrogen and oxygen atoms in total. The van der Waals surface area contributed by atoms with E-state index >= 15 is 0 Å². The van der Waals surface area contributed by atoms with Crippen molar-refractivity contribution in [2.45, 2.75) is 57.7 Å². The number of hydrogen-bond donors (Lipinski definition) is 0. The van der Waals surface area contributed by atoms with Crippen molar-refractivity contribution >= 4 is 11.9 Å². The molecule has 0 N–H and O–H groups in total. The van der Waals surface area contributed by atoms with Crippen molar-refractivity contribution in [3.63, 3.8) is 0 Å². The van der Waals surface area contributed by atoms with Gasteiger partial charge < -0.3 is 9.64 Å². The Kier molecular flexibility index (Phi) is 5.37. The minimum Gasteiger partial charge on any atom is -0.445 e. The maximum atomic E-state index is 12.9. The molecular weight excluding hydrogens is 354 g/mol. The van der Waals surface area contributed by atoms with Crippen molar-refractivity contribution < 1.29 is 14.3 Å². The molecule has 1 amide bonds. The van der Waals surface area contributed by atoms with Crippen molar-refractivity contribution in [1.29, 1.82) is 0 Å². The number of piperidine rings is 2. The average Bonchev–Trinajstić information content (AvgIpc) is 2.71. The summed E-state index contributed by atoms with van der Waals surface area (Å²) in [5.74, 6) is 0.163. The molecule has 1 aromatic carbocycles. The van der Waals surface area contributed by atoms with E-state index in [1.54, 1.807) is 12.3 Å². The number of hydrogen-bond acceptors (Lipinski definition) is 5. The summed E-state index contributed by atoms with van der Waals surface area (Å²) in [6.45, 7) is 2.13. The van der Waals surface area contributed by atoms with Gasteiger partial charge in [0.05, 0.1) is 0 Å². The fraction of sp³-hybridized carbons (Fsp3) is 0.455. The topological polar surface area (TPSA) is 72.4 Å². The second-order valence-corrected chi connectivity index (χ2v) is 7.74. The van der Waals surface area contributed by atoms with Crippen molar-refractivity contribution in [2.75, 3.05) is 0 Å². The zero-order valence-electron chi connectivity index (χ0n) is 16.1. The lowest BCUT2D eigenvalue weighted by Crippen LogP contribution is -2.55. The maximum absolute atomic E-state index is 12.9. The van der Waals surface area contributed by atoms with Crippen LogP contribution in [0.1, 0.15) is 54.0 Å². The molecule has 0 radical (unpaired) electrons. The van der Waals surface area contributed by atoms with Gasteiger partial charge in [-0.15, -0.1) is 0 Å². The number of benzene rings is 1. The third kappa shape index (κ3) is 3.91. The molecule has 2 aromatic rings. The number of ether oxygens (including phenoxy) is 1. The molecular formula is C22H25N3O3. The standard InChI is InChI=1S/C22H25N3O3/c1-15-10-11-23-21(24-15)20(26)17-12-18-8-5-9-19(13-17)25(18)22(27)28-14-16-6-3-2-4-7-16/h2-4,6-7,10-11,17-19H,5,8-9,12-14H2,1H3. The van der Waals surface area contributed by atoms with Gasteiger partial charge in [-0.3, -0.25) is 4.79 Å². The minimum absolute atomic E-state index is 0.00194. The van der Waals surface area contributed by atoms with Crippen molar-refractivity contribution in [3.8, 4) is 0 Å². The highest BCUT2D eigenvalue weighted by molar-refractivity contribution is 5.94. The molecule has 146 valence electrons. The zero-order valence-corrected chi connectivity index (χ0v) is 16.1. The molecule has 0 aliphatic carbocycles. The first kappa shape index (κ1) is 18.6. The summed E-state index contributed by atoms with van der Waals surface area (Å²) >= 11 is 0. The molecule has 2 aliphatic heterocycles. The first-order valence-corrected chi connectivity index (χ1v) is 9.94. The number of aromatic nitrogens is 2. The summed E-state index contributed by atoms with van der Waals surface area (Å²) in [5.41, 5.74) is 1.77. The van der Waals surface area contributed by atoms with Crippen LogP contribution < -0.4 is 0 Å². The van der Waals surface area contributed by atoms with Crippen molar-refractivity contribution in [2.24, 2.45) is 5.92 Å². The highest BCUT2D eigenvalue weighted by atomic mass is 16.6. The van der Waals surface area contributed by atoms with Gasteiger partial charge in [-0.25, -0.2) is 14.8 Å². The first-order chi connectivity index (χ1) is 13.6. The van der Waals surface area contributed by atoms with E-state index in [2.05, 4.69) is 9.97 Å². The van der Waals surface area contributed by atoms with Gasteiger partial charge in [0.2, 0.25) is 5.78 Å². The summed E-state index contributed by atoms with van der Waals surface area (Å²) in [6, 6.07) is 11.6. The van der Waals surface area contributed by atoms with Gasteiger partial charge in [0.25, 0.3) is 0 Å². The van der Waals surface area contributed by atoms with Crippen LogP contribution in [0.3, 0.4) is 0 Å². The molecule has 0 spiro atoms. The molecule has 28 heavy (non-hydrogen) atoms. The predicted molar refractivity (Wildman–Crippen MR) is 104 cm³/mol. The lowest BCUT2D eigenvalue weighted by molar-refractivity contribution is 0.00452. The second kappa shape index (κ2) is 8.09. The predicted octanol–water partition coefficient (Wildman–Crippen LogP) is 3.94. The number of amides is 1. The number of rotatable bonds is 4. The summed E-state index contributed by atoms with van der Waals surface area (Å²) in [4.78, 5) is 36.0. The van der Waals surface area contributed by atoms with E-state index in [1.807, 2.05) is 42.2 Å². The van der Waals surface area contributed by atoms with Crippen molar-refractivity contribution in [1.82, 2.24) is 14.9 Å². The van der Waals surface area contributed by atoms with Gasteiger partial charge in [0, 0.05) is 29.9 Å².